The number of hydrogen-bond donors (Lipinski definition) is 1. The number of aryl methyl sites for hydroxylation is 1. The van der Waals surface area contributed by atoms with Crippen molar-refractivity contribution in [1.29, 1.82) is 0 Å². The van der Waals surface area contributed by atoms with Crippen molar-refractivity contribution in [2.45, 2.75) is 26.5 Å². The summed E-state index contributed by atoms with van der Waals surface area (Å²) in [4.78, 5) is 21.2. The number of aromatic nitrogens is 1. The summed E-state index contributed by atoms with van der Waals surface area (Å²) >= 11 is 7.61. The number of ether oxygens (including phenoxy) is 1. The molecule has 1 fully saturated rings. The fourth-order valence-corrected chi connectivity index (χ4v) is 4.66. The Bertz CT molecular complexity index is 1080. The third-order valence-electron chi connectivity index (χ3n) is 5.59. The highest BCUT2D eigenvalue weighted by atomic mass is 35.5. The Balaban J connectivity index is 1.24. The van der Waals surface area contributed by atoms with E-state index < -0.39 is 0 Å². The fraction of sp³-hybridized carbons (Fsp3) is 0.360. The highest BCUT2D eigenvalue weighted by Gasteiger charge is 2.18. The van der Waals surface area contributed by atoms with Gasteiger partial charge >= 0.3 is 0 Å². The Morgan fingerprint density at radius 2 is 1.97 bits per heavy atom. The highest BCUT2D eigenvalue weighted by Crippen LogP contribution is 2.22. The number of nitrogens with zero attached hydrogens (tertiary/aromatic N) is 3. The van der Waals surface area contributed by atoms with Crippen molar-refractivity contribution < 1.29 is 9.53 Å². The lowest BCUT2D eigenvalue weighted by molar-refractivity contribution is 0.0927. The van der Waals surface area contributed by atoms with Crippen LogP contribution in [0.2, 0.25) is 5.02 Å². The number of carbonyl (C=O) groups excluding carboxylic acids is 1. The van der Waals surface area contributed by atoms with Crippen molar-refractivity contribution in [3.63, 3.8) is 0 Å². The summed E-state index contributed by atoms with van der Waals surface area (Å²) in [5.74, 6) is 0.650. The summed E-state index contributed by atoms with van der Waals surface area (Å²) in [5, 5.41) is 6.32. The van der Waals surface area contributed by atoms with E-state index in [4.69, 9.17) is 16.3 Å². The van der Waals surface area contributed by atoms with Crippen LogP contribution in [0.15, 0.2) is 53.9 Å². The largest absolute Gasteiger partial charge is 0.489 e. The van der Waals surface area contributed by atoms with Gasteiger partial charge in [0.25, 0.3) is 5.91 Å². The topological polar surface area (TPSA) is 57.7 Å². The number of amides is 1. The molecule has 3 aromatic rings. The molecule has 1 atom stereocenters. The van der Waals surface area contributed by atoms with Crippen molar-refractivity contribution in [3.8, 4) is 5.75 Å². The van der Waals surface area contributed by atoms with Gasteiger partial charge in [-0.05, 0) is 49.7 Å². The van der Waals surface area contributed by atoms with Crippen LogP contribution >= 0.6 is 22.9 Å². The first kappa shape index (κ1) is 23.5. The van der Waals surface area contributed by atoms with Gasteiger partial charge in [0.2, 0.25) is 0 Å². The highest BCUT2D eigenvalue weighted by molar-refractivity contribution is 7.09. The molecule has 1 N–H and O–H groups in total. The molecule has 0 saturated carbocycles. The molecule has 174 valence electrons. The minimum absolute atomic E-state index is 0.148. The SMILES string of the molecule is Cc1nc(C(=O)NC[C@H](C)Oc2cccc(CN3CCN(c4cccc(Cl)c4)CC3)c2)cs1. The lowest BCUT2D eigenvalue weighted by atomic mass is 10.1. The van der Waals surface area contributed by atoms with Gasteiger partial charge in [-0.15, -0.1) is 11.3 Å². The molecule has 8 heteroatoms. The number of carbonyl (C=O) groups is 1. The minimum atomic E-state index is -0.166. The maximum Gasteiger partial charge on any atom is 0.270 e. The average Bonchev–Trinajstić information content (AvgIpc) is 3.25. The molecule has 2 aromatic carbocycles. The number of piperazine rings is 1. The van der Waals surface area contributed by atoms with Gasteiger partial charge in [-0.25, -0.2) is 4.98 Å². The van der Waals surface area contributed by atoms with Crippen LogP contribution in [-0.4, -0.2) is 54.6 Å². The van der Waals surface area contributed by atoms with E-state index in [1.54, 1.807) is 5.38 Å². The summed E-state index contributed by atoms with van der Waals surface area (Å²) in [6.07, 6.45) is -0.148. The summed E-state index contributed by atoms with van der Waals surface area (Å²) in [5.41, 5.74) is 2.86. The standard InChI is InChI=1S/C25H29ClN4O2S/c1-18(15-27-25(31)24-17-33-19(2)28-24)32-23-8-3-5-20(13-23)16-29-9-11-30(12-10-29)22-7-4-6-21(26)14-22/h3-8,13-14,17-18H,9-12,15-16H2,1-2H3,(H,27,31)/t18-/m0/s1. The van der Waals surface area contributed by atoms with Crippen LogP contribution < -0.4 is 15.0 Å². The van der Waals surface area contributed by atoms with Gasteiger partial charge in [0.1, 0.15) is 17.5 Å². The Labute approximate surface area is 204 Å². The third kappa shape index (κ3) is 6.69. The van der Waals surface area contributed by atoms with Gasteiger partial charge in [0, 0.05) is 48.8 Å². The molecule has 1 aliphatic rings. The van der Waals surface area contributed by atoms with Crippen molar-refractivity contribution >= 4 is 34.5 Å². The molecule has 4 rings (SSSR count). The summed E-state index contributed by atoms with van der Waals surface area (Å²) < 4.78 is 6.05. The first-order valence-electron chi connectivity index (χ1n) is 11.1. The van der Waals surface area contributed by atoms with Crippen molar-refractivity contribution in [1.82, 2.24) is 15.2 Å². The van der Waals surface area contributed by atoms with Crippen LogP contribution in [0.1, 0.15) is 28.0 Å². The molecule has 0 unspecified atom stereocenters. The van der Waals surface area contributed by atoms with Crippen LogP contribution in [0.25, 0.3) is 0 Å². The number of anilines is 1. The van der Waals surface area contributed by atoms with Crippen LogP contribution in [0, 0.1) is 6.92 Å². The predicted octanol–water partition coefficient (Wildman–Crippen LogP) is 4.62. The maximum absolute atomic E-state index is 12.2. The van der Waals surface area contributed by atoms with Crippen molar-refractivity contribution in [2.75, 3.05) is 37.6 Å². The predicted molar refractivity (Wildman–Crippen MR) is 135 cm³/mol. The van der Waals surface area contributed by atoms with Crippen LogP contribution in [0.5, 0.6) is 5.75 Å². The number of halogens is 1. The molecule has 1 saturated heterocycles. The number of rotatable bonds is 8. The Hall–Kier alpha value is -2.61. The Morgan fingerprint density at radius 1 is 1.18 bits per heavy atom. The van der Waals surface area contributed by atoms with Crippen LogP contribution in [-0.2, 0) is 6.54 Å². The molecule has 33 heavy (non-hydrogen) atoms. The second-order valence-corrected chi connectivity index (χ2v) is 9.78. The second-order valence-electron chi connectivity index (χ2n) is 8.28. The third-order valence-corrected chi connectivity index (χ3v) is 6.60. The van der Waals surface area contributed by atoms with E-state index in [-0.39, 0.29) is 12.0 Å². The maximum atomic E-state index is 12.2. The van der Waals surface area contributed by atoms with Crippen LogP contribution in [0.3, 0.4) is 0 Å². The average molecular weight is 485 g/mol. The first-order chi connectivity index (χ1) is 16.0. The molecule has 0 radical (unpaired) electrons. The molecule has 1 amide bonds. The van der Waals surface area contributed by atoms with Gasteiger partial charge in [-0.2, -0.15) is 0 Å². The zero-order valence-corrected chi connectivity index (χ0v) is 20.5. The summed E-state index contributed by atoms with van der Waals surface area (Å²) in [6.45, 7) is 9.09. The Morgan fingerprint density at radius 3 is 2.70 bits per heavy atom. The lowest BCUT2D eigenvalue weighted by Crippen LogP contribution is -2.45. The van der Waals surface area contributed by atoms with E-state index in [1.807, 2.05) is 44.2 Å². The molecule has 0 aliphatic carbocycles. The quantitative estimate of drug-likeness (QED) is 0.505. The summed E-state index contributed by atoms with van der Waals surface area (Å²) in [6, 6.07) is 16.3. The van der Waals surface area contributed by atoms with Gasteiger partial charge in [-0.3, -0.25) is 9.69 Å². The monoisotopic (exact) mass is 484 g/mol. The number of nitrogens with one attached hydrogen (secondary N) is 1. The molecule has 0 bridgehead atoms. The first-order valence-corrected chi connectivity index (χ1v) is 12.4. The number of benzene rings is 2. The molecule has 0 spiro atoms. The zero-order valence-electron chi connectivity index (χ0n) is 19.0. The summed E-state index contributed by atoms with van der Waals surface area (Å²) in [7, 11) is 0. The van der Waals surface area contributed by atoms with Crippen molar-refractivity contribution in [3.05, 3.63) is 75.2 Å². The second kappa shape index (κ2) is 11.0. The van der Waals surface area contributed by atoms with Gasteiger partial charge in [-0.1, -0.05) is 29.8 Å². The molecular weight excluding hydrogens is 456 g/mol. The van der Waals surface area contributed by atoms with Crippen LogP contribution in [0.4, 0.5) is 5.69 Å². The molecule has 1 aliphatic heterocycles. The number of hydrogen-bond acceptors (Lipinski definition) is 6. The smallest absolute Gasteiger partial charge is 0.270 e. The molecular formula is C25H29ClN4O2S. The normalized spacial score (nSPS) is 15.3. The lowest BCUT2D eigenvalue weighted by Gasteiger charge is -2.36. The fourth-order valence-electron chi connectivity index (χ4n) is 3.88. The van der Waals surface area contributed by atoms with Gasteiger partial charge in [0.05, 0.1) is 11.6 Å². The van der Waals surface area contributed by atoms with Crippen molar-refractivity contribution in [2.24, 2.45) is 0 Å². The van der Waals surface area contributed by atoms with E-state index >= 15 is 0 Å². The van der Waals surface area contributed by atoms with E-state index in [0.29, 0.717) is 12.2 Å². The van der Waals surface area contributed by atoms with Gasteiger partial charge < -0.3 is 15.0 Å². The minimum Gasteiger partial charge on any atom is -0.489 e. The number of thiazole rings is 1. The zero-order chi connectivity index (χ0) is 23.2. The van der Waals surface area contributed by atoms with E-state index in [9.17, 15) is 4.79 Å². The van der Waals surface area contributed by atoms with E-state index in [2.05, 4.69) is 38.3 Å². The molecule has 6 nitrogen and oxygen atoms in total. The Kier molecular flexibility index (Phi) is 7.85. The molecule has 2 heterocycles. The van der Waals surface area contributed by atoms with E-state index in [1.165, 1.54) is 22.6 Å². The van der Waals surface area contributed by atoms with Gasteiger partial charge in [0.15, 0.2) is 0 Å². The molecule has 1 aromatic heterocycles. The van der Waals surface area contributed by atoms with E-state index in [0.717, 1.165) is 48.5 Å².